The normalized spacial score (nSPS) is 11.7. The molecule has 0 aliphatic carbocycles. The number of carbonyl (C=O) groups is 1. The zero-order valence-corrected chi connectivity index (χ0v) is 13.0. The summed E-state index contributed by atoms with van der Waals surface area (Å²) < 4.78 is 26.2. The fraction of sp³-hybridized carbons (Fsp3) is 0.167. The summed E-state index contributed by atoms with van der Waals surface area (Å²) in [4.78, 5) is 14.8. The minimum absolute atomic E-state index is 0.0117. The van der Waals surface area contributed by atoms with Crippen LogP contribution in [0.4, 0.5) is 0 Å². The van der Waals surface area contributed by atoms with Gasteiger partial charge >= 0.3 is 5.97 Å². The fourth-order valence-corrected chi connectivity index (χ4v) is 4.65. The second-order valence-corrected chi connectivity index (χ2v) is 7.97. The van der Waals surface area contributed by atoms with Crippen LogP contribution in [-0.2, 0) is 21.4 Å². The van der Waals surface area contributed by atoms with Crippen LogP contribution in [0.15, 0.2) is 40.9 Å². The third-order valence-corrected chi connectivity index (χ3v) is 6.03. The molecular weight excluding hydrogens is 336 g/mol. The van der Waals surface area contributed by atoms with E-state index in [1.54, 1.807) is 18.3 Å². The van der Waals surface area contributed by atoms with Gasteiger partial charge in [0.05, 0.1) is 4.34 Å². The number of hydrogen-bond donors (Lipinski definition) is 1. The van der Waals surface area contributed by atoms with Gasteiger partial charge in [-0.25, -0.2) is 8.42 Å². The van der Waals surface area contributed by atoms with Crippen LogP contribution >= 0.6 is 22.9 Å². The van der Waals surface area contributed by atoms with E-state index < -0.39 is 22.5 Å². The fourth-order valence-electron chi connectivity index (χ4n) is 1.64. The molecule has 2 heterocycles. The van der Waals surface area contributed by atoms with Crippen LogP contribution in [0.1, 0.15) is 5.56 Å². The highest BCUT2D eigenvalue weighted by atomic mass is 35.5. The quantitative estimate of drug-likeness (QED) is 0.865. The van der Waals surface area contributed by atoms with Crippen LogP contribution in [-0.4, -0.2) is 35.3 Å². The Labute approximate surface area is 130 Å². The highest BCUT2D eigenvalue weighted by Gasteiger charge is 2.28. The summed E-state index contributed by atoms with van der Waals surface area (Å²) in [7, 11) is -3.91. The van der Waals surface area contributed by atoms with Crippen LogP contribution in [0.2, 0.25) is 4.34 Å². The van der Waals surface area contributed by atoms with Gasteiger partial charge in [-0.2, -0.15) is 4.31 Å². The summed E-state index contributed by atoms with van der Waals surface area (Å²) in [6.07, 6.45) is 3.05. The van der Waals surface area contributed by atoms with Crippen molar-refractivity contribution in [1.29, 1.82) is 0 Å². The van der Waals surface area contributed by atoms with Gasteiger partial charge in [0.15, 0.2) is 0 Å². The molecule has 0 spiro atoms. The monoisotopic (exact) mass is 346 g/mol. The minimum atomic E-state index is -3.91. The molecule has 0 saturated heterocycles. The van der Waals surface area contributed by atoms with Crippen molar-refractivity contribution in [2.24, 2.45) is 0 Å². The lowest BCUT2D eigenvalue weighted by atomic mass is 10.3. The SMILES string of the molecule is O=C(O)CN(Cc1cccnc1)S(=O)(=O)c1ccc(Cl)s1. The summed E-state index contributed by atoms with van der Waals surface area (Å²) in [5.41, 5.74) is 0.602. The molecule has 0 aromatic carbocycles. The molecule has 21 heavy (non-hydrogen) atoms. The molecule has 0 radical (unpaired) electrons. The van der Waals surface area contributed by atoms with Crippen molar-refractivity contribution in [2.45, 2.75) is 10.8 Å². The number of hydrogen-bond acceptors (Lipinski definition) is 5. The van der Waals surface area contributed by atoms with Crippen LogP contribution in [0.5, 0.6) is 0 Å². The molecule has 0 fully saturated rings. The molecule has 2 aromatic heterocycles. The van der Waals surface area contributed by atoms with E-state index in [9.17, 15) is 13.2 Å². The lowest BCUT2D eigenvalue weighted by Gasteiger charge is -2.19. The van der Waals surface area contributed by atoms with E-state index >= 15 is 0 Å². The molecule has 6 nitrogen and oxygen atoms in total. The predicted molar refractivity (Wildman–Crippen MR) is 78.8 cm³/mol. The molecule has 2 aromatic rings. The van der Waals surface area contributed by atoms with Gasteiger partial charge in [0.1, 0.15) is 10.8 Å². The Morgan fingerprint density at radius 3 is 2.67 bits per heavy atom. The molecule has 2 rings (SSSR count). The minimum Gasteiger partial charge on any atom is -0.480 e. The van der Waals surface area contributed by atoms with Gasteiger partial charge in [0.2, 0.25) is 0 Å². The van der Waals surface area contributed by atoms with Crippen molar-refractivity contribution in [2.75, 3.05) is 6.54 Å². The number of halogens is 1. The van der Waals surface area contributed by atoms with Crippen molar-refractivity contribution in [3.63, 3.8) is 0 Å². The number of rotatable bonds is 6. The molecule has 0 atom stereocenters. The van der Waals surface area contributed by atoms with Gasteiger partial charge in [-0.1, -0.05) is 17.7 Å². The zero-order valence-electron chi connectivity index (χ0n) is 10.6. The van der Waals surface area contributed by atoms with Gasteiger partial charge < -0.3 is 5.11 Å². The van der Waals surface area contributed by atoms with E-state index in [-0.39, 0.29) is 10.8 Å². The summed E-state index contributed by atoms with van der Waals surface area (Å²) in [6, 6.07) is 6.16. The topological polar surface area (TPSA) is 87.6 Å². The Morgan fingerprint density at radius 2 is 2.14 bits per heavy atom. The summed E-state index contributed by atoms with van der Waals surface area (Å²) in [6.45, 7) is -0.704. The van der Waals surface area contributed by atoms with Crippen molar-refractivity contribution >= 4 is 38.9 Å². The van der Waals surface area contributed by atoms with E-state index in [1.165, 1.54) is 18.3 Å². The summed E-state index contributed by atoms with van der Waals surface area (Å²) in [5, 5.41) is 8.93. The maximum absolute atomic E-state index is 12.5. The van der Waals surface area contributed by atoms with Gasteiger partial charge in [0, 0.05) is 18.9 Å². The average molecular weight is 347 g/mol. The lowest BCUT2D eigenvalue weighted by molar-refractivity contribution is -0.137. The number of carboxylic acids is 1. The van der Waals surface area contributed by atoms with Crippen molar-refractivity contribution in [3.8, 4) is 0 Å². The first-order chi connectivity index (χ1) is 9.89. The van der Waals surface area contributed by atoms with E-state index in [0.29, 0.717) is 9.90 Å². The molecule has 1 N–H and O–H groups in total. The van der Waals surface area contributed by atoms with Crippen molar-refractivity contribution in [3.05, 3.63) is 46.6 Å². The Bertz CT molecular complexity index is 731. The number of nitrogens with zero attached hydrogens (tertiary/aromatic N) is 2. The lowest BCUT2D eigenvalue weighted by Crippen LogP contribution is -2.34. The highest BCUT2D eigenvalue weighted by molar-refractivity contribution is 7.91. The second-order valence-electron chi connectivity index (χ2n) is 4.09. The highest BCUT2D eigenvalue weighted by Crippen LogP contribution is 2.28. The van der Waals surface area contributed by atoms with Crippen molar-refractivity contribution < 1.29 is 18.3 Å². The first-order valence-electron chi connectivity index (χ1n) is 5.76. The first kappa shape index (κ1) is 15.9. The van der Waals surface area contributed by atoms with Crippen molar-refractivity contribution in [1.82, 2.24) is 9.29 Å². The number of sulfonamides is 1. The molecule has 0 bridgehead atoms. The average Bonchev–Trinajstić information content (AvgIpc) is 2.86. The number of thiophene rings is 1. The summed E-state index contributed by atoms with van der Waals surface area (Å²) in [5.74, 6) is -1.23. The Morgan fingerprint density at radius 1 is 1.38 bits per heavy atom. The maximum atomic E-state index is 12.5. The third kappa shape index (κ3) is 4.01. The van der Waals surface area contributed by atoms with Gasteiger partial charge in [-0.3, -0.25) is 9.78 Å². The van der Waals surface area contributed by atoms with Gasteiger partial charge in [-0.15, -0.1) is 11.3 Å². The molecule has 0 amide bonds. The summed E-state index contributed by atoms with van der Waals surface area (Å²) >= 11 is 6.63. The molecule has 0 unspecified atom stereocenters. The Hall–Kier alpha value is -1.48. The zero-order chi connectivity index (χ0) is 15.5. The van der Waals surface area contributed by atoms with E-state index in [4.69, 9.17) is 16.7 Å². The molecule has 112 valence electrons. The largest absolute Gasteiger partial charge is 0.480 e. The smallest absolute Gasteiger partial charge is 0.318 e. The van der Waals surface area contributed by atoms with Crippen LogP contribution in [0.3, 0.4) is 0 Å². The van der Waals surface area contributed by atoms with E-state index in [2.05, 4.69) is 4.98 Å². The third-order valence-electron chi connectivity index (χ3n) is 2.54. The number of aromatic nitrogens is 1. The van der Waals surface area contributed by atoms with Gasteiger partial charge in [0.25, 0.3) is 10.0 Å². The molecule has 0 saturated carbocycles. The molecule has 9 heteroatoms. The molecule has 0 aliphatic rings. The second kappa shape index (κ2) is 6.52. The number of aliphatic carboxylic acids is 1. The first-order valence-corrected chi connectivity index (χ1v) is 8.39. The number of pyridine rings is 1. The van der Waals surface area contributed by atoms with Crippen LogP contribution < -0.4 is 0 Å². The maximum Gasteiger partial charge on any atom is 0.318 e. The Kier molecular flexibility index (Phi) is 4.94. The van der Waals surface area contributed by atoms with Gasteiger partial charge in [-0.05, 0) is 23.8 Å². The van der Waals surface area contributed by atoms with Crippen LogP contribution in [0, 0.1) is 0 Å². The molecule has 0 aliphatic heterocycles. The molecular formula is C12H11ClN2O4S2. The Balaban J connectivity index is 2.33. The van der Waals surface area contributed by atoms with E-state index in [0.717, 1.165) is 15.6 Å². The standard InChI is InChI=1S/C12H11ClN2O4S2/c13-10-3-4-12(20-10)21(18,19)15(8-11(16)17)7-9-2-1-5-14-6-9/h1-6H,7-8H2,(H,16,17). The van der Waals surface area contributed by atoms with E-state index in [1.807, 2.05) is 0 Å². The number of carboxylic acid groups (broad SMARTS) is 1. The predicted octanol–water partition coefficient (Wildman–Crippen LogP) is 2.07. The van der Waals surface area contributed by atoms with Crippen LogP contribution in [0.25, 0.3) is 0 Å².